The first-order valence-electron chi connectivity index (χ1n) is 20.3. The Kier molecular flexibility index (Phi) is 6.58. The summed E-state index contributed by atoms with van der Waals surface area (Å²) in [5.41, 5.74) is 14.5. The van der Waals surface area contributed by atoms with E-state index in [-0.39, 0.29) is 10.8 Å². The van der Waals surface area contributed by atoms with E-state index >= 15 is 0 Å². The fourth-order valence-corrected chi connectivity index (χ4v) is 10.3. The van der Waals surface area contributed by atoms with Crippen LogP contribution in [0.15, 0.2) is 162 Å². The molecule has 0 amide bonds. The molecule has 12 rings (SSSR count). The van der Waals surface area contributed by atoms with Crippen LogP contribution >= 0.6 is 0 Å². The molecule has 3 nitrogen and oxygen atoms in total. The average Bonchev–Trinajstić information content (AvgIpc) is 3.90. The van der Waals surface area contributed by atoms with E-state index in [1.807, 2.05) is 12.1 Å². The maximum Gasteiger partial charge on any atom is 0.136 e. The number of para-hydroxylation sites is 3. The Balaban J connectivity index is 1.20. The van der Waals surface area contributed by atoms with E-state index in [2.05, 4.69) is 182 Å². The largest absolute Gasteiger partial charge is 0.456 e. The second kappa shape index (κ2) is 11.5. The molecule has 1 aliphatic rings. The van der Waals surface area contributed by atoms with Crippen molar-refractivity contribution in [2.75, 3.05) is 0 Å². The van der Waals surface area contributed by atoms with Crippen LogP contribution in [0.4, 0.5) is 0 Å². The molecular weight excluding hydrogens is 693 g/mol. The zero-order valence-electron chi connectivity index (χ0n) is 32.7. The molecule has 11 aromatic rings. The quantitative estimate of drug-likeness (QED) is 0.177. The molecule has 1 aliphatic carbocycles. The second-order valence-electron chi connectivity index (χ2n) is 17.6. The van der Waals surface area contributed by atoms with Crippen molar-refractivity contribution in [2.24, 2.45) is 0 Å². The number of hydrogen-bond acceptors (Lipinski definition) is 1. The third-order valence-corrected chi connectivity index (χ3v) is 13.4. The number of furan rings is 1. The van der Waals surface area contributed by atoms with Crippen molar-refractivity contribution in [3.05, 3.63) is 169 Å². The van der Waals surface area contributed by atoms with Gasteiger partial charge < -0.3 is 13.6 Å². The molecule has 3 heteroatoms. The molecule has 0 atom stereocenters. The van der Waals surface area contributed by atoms with Crippen molar-refractivity contribution >= 4 is 76.3 Å². The molecule has 0 N–H and O–H groups in total. The van der Waals surface area contributed by atoms with Crippen LogP contribution < -0.4 is 0 Å². The number of benzene rings is 8. The highest BCUT2D eigenvalue weighted by atomic mass is 16.3. The lowest BCUT2D eigenvalue weighted by Crippen LogP contribution is -2.33. The minimum Gasteiger partial charge on any atom is -0.456 e. The minimum atomic E-state index is 0.0833. The summed E-state index contributed by atoms with van der Waals surface area (Å²) in [6.45, 7) is 9.75. The molecule has 0 saturated carbocycles. The number of aromatic nitrogens is 2. The van der Waals surface area contributed by atoms with Crippen LogP contribution in [0, 0.1) is 0 Å². The van der Waals surface area contributed by atoms with Gasteiger partial charge in [-0.1, -0.05) is 125 Å². The third-order valence-electron chi connectivity index (χ3n) is 13.4. The first-order valence-corrected chi connectivity index (χ1v) is 20.3. The van der Waals surface area contributed by atoms with Crippen molar-refractivity contribution in [3.63, 3.8) is 0 Å². The van der Waals surface area contributed by atoms with Crippen LogP contribution in [0.3, 0.4) is 0 Å². The highest BCUT2D eigenvalue weighted by molar-refractivity contribution is 6.36. The third kappa shape index (κ3) is 4.54. The highest BCUT2D eigenvalue weighted by Gasteiger charge is 2.38. The molecule has 0 fully saturated rings. The Morgan fingerprint density at radius 2 is 0.930 bits per heavy atom. The molecule has 3 aromatic heterocycles. The lowest BCUT2D eigenvalue weighted by Gasteiger charge is -2.42. The first kappa shape index (κ1) is 32.6. The Morgan fingerprint density at radius 3 is 1.65 bits per heavy atom. The molecule has 0 aliphatic heterocycles. The Bertz CT molecular complexity index is 3440. The van der Waals surface area contributed by atoms with E-state index in [9.17, 15) is 0 Å². The first-order chi connectivity index (χ1) is 27.8. The summed E-state index contributed by atoms with van der Waals surface area (Å²) in [5, 5.41) is 10.1. The van der Waals surface area contributed by atoms with Crippen LogP contribution in [-0.4, -0.2) is 9.13 Å². The van der Waals surface area contributed by atoms with Gasteiger partial charge in [0.1, 0.15) is 11.2 Å². The topological polar surface area (TPSA) is 23.0 Å². The minimum absolute atomic E-state index is 0.0833. The van der Waals surface area contributed by atoms with E-state index in [1.165, 1.54) is 84.0 Å². The number of nitrogens with zero attached hydrogens (tertiary/aromatic N) is 2. The maximum atomic E-state index is 6.29. The van der Waals surface area contributed by atoms with Crippen LogP contribution in [0.2, 0.25) is 0 Å². The van der Waals surface area contributed by atoms with Crippen LogP contribution in [0.25, 0.3) is 98.8 Å². The lowest BCUT2D eigenvalue weighted by molar-refractivity contribution is 0.332. The summed E-state index contributed by atoms with van der Waals surface area (Å²) >= 11 is 0. The molecule has 0 spiro atoms. The Morgan fingerprint density at radius 1 is 0.404 bits per heavy atom. The zero-order valence-corrected chi connectivity index (χ0v) is 32.7. The van der Waals surface area contributed by atoms with Crippen LogP contribution in [0.1, 0.15) is 51.7 Å². The molecule has 0 radical (unpaired) electrons. The fraction of sp³-hybridized carbons (Fsp3) is 0.148. The van der Waals surface area contributed by atoms with Gasteiger partial charge in [0.2, 0.25) is 0 Å². The number of rotatable bonds is 3. The summed E-state index contributed by atoms with van der Waals surface area (Å²) in [6.07, 6.45) is 2.35. The Hall–Kier alpha value is -6.58. The van der Waals surface area contributed by atoms with E-state index in [1.54, 1.807) is 0 Å². The second-order valence-corrected chi connectivity index (χ2v) is 17.6. The molecule has 0 bridgehead atoms. The van der Waals surface area contributed by atoms with Gasteiger partial charge in [-0.15, -0.1) is 0 Å². The molecular formula is C54H42N2O. The van der Waals surface area contributed by atoms with Gasteiger partial charge in [-0.3, -0.25) is 0 Å². The van der Waals surface area contributed by atoms with E-state index in [0.29, 0.717) is 0 Å². The summed E-state index contributed by atoms with van der Waals surface area (Å²) in [7, 11) is 0. The predicted molar refractivity (Wildman–Crippen MR) is 241 cm³/mol. The zero-order chi connectivity index (χ0) is 38.2. The highest BCUT2D eigenvalue weighted by Crippen LogP contribution is 2.51. The van der Waals surface area contributed by atoms with Crippen molar-refractivity contribution < 1.29 is 4.42 Å². The van der Waals surface area contributed by atoms with Gasteiger partial charge in [-0.05, 0) is 117 Å². The van der Waals surface area contributed by atoms with Gasteiger partial charge >= 0.3 is 0 Å². The normalized spacial score (nSPS) is 15.2. The van der Waals surface area contributed by atoms with Crippen molar-refractivity contribution in [3.8, 4) is 22.5 Å². The summed E-state index contributed by atoms with van der Waals surface area (Å²) in [5.74, 6) is 0. The predicted octanol–water partition coefficient (Wildman–Crippen LogP) is 14.9. The smallest absolute Gasteiger partial charge is 0.136 e. The van der Waals surface area contributed by atoms with Crippen molar-refractivity contribution in [1.82, 2.24) is 9.13 Å². The van der Waals surface area contributed by atoms with Crippen molar-refractivity contribution in [1.29, 1.82) is 0 Å². The molecule has 8 aromatic carbocycles. The monoisotopic (exact) mass is 734 g/mol. The molecule has 3 heterocycles. The van der Waals surface area contributed by atoms with Crippen LogP contribution in [0.5, 0.6) is 0 Å². The maximum absolute atomic E-state index is 6.29. The summed E-state index contributed by atoms with van der Waals surface area (Å²) < 4.78 is 11.4. The van der Waals surface area contributed by atoms with E-state index in [4.69, 9.17) is 4.42 Å². The summed E-state index contributed by atoms with van der Waals surface area (Å²) in [6, 6.07) is 58.2. The van der Waals surface area contributed by atoms with Crippen molar-refractivity contribution in [2.45, 2.75) is 51.4 Å². The molecule has 57 heavy (non-hydrogen) atoms. The summed E-state index contributed by atoms with van der Waals surface area (Å²) in [4.78, 5) is 0. The molecule has 0 unspecified atom stereocenters. The molecule has 0 saturated heterocycles. The van der Waals surface area contributed by atoms with Gasteiger partial charge in [0.05, 0.1) is 22.1 Å². The lowest BCUT2D eigenvalue weighted by atomic mass is 9.63. The van der Waals surface area contributed by atoms with Gasteiger partial charge in [0.25, 0.3) is 0 Å². The Labute approximate surface area is 331 Å². The van der Waals surface area contributed by atoms with Crippen LogP contribution in [-0.2, 0) is 10.8 Å². The number of fused-ring (bicyclic) bond motifs is 14. The fourth-order valence-electron chi connectivity index (χ4n) is 10.3. The SMILES string of the molecule is CC1(C)CCC(C)(C)c2cc3c(cc21)c1c2ccccc2c2c4ccccc4n(-c4ccc(-c5ccc6c(c5)oc5ccccc56)cc4)c2c1n3-c1ccccc1. The molecule has 274 valence electrons. The van der Waals surface area contributed by atoms with Gasteiger partial charge in [0.15, 0.2) is 0 Å². The number of hydrogen-bond donors (Lipinski definition) is 0. The standard InChI is InChI=1S/C54H42N2O/c1-53(2)28-29-54(3,4)44-32-46-42(31-43(44)53)50-40-18-9-8-17-39(40)49-41-19-10-12-20-45(41)55(51(49)52(50)56(46)35-14-6-5-7-15-35)36-25-22-33(23-26-36)34-24-27-38-37-16-11-13-21-47(37)57-48(38)30-34/h5-27,30-32H,28-29H2,1-4H3. The van der Waals surface area contributed by atoms with Gasteiger partial charge in [-0.2, -0.15) is 0 Å². The average molecular weight is 735 g/mol. The van der Waals surface area contributed by atoms with Gasteiger partial charge in [-0.25, -0.2) is 0 Å². The van der Waals surface area contributed by atoms with E-state index < -0.39 is 0 Å². The van der Waals surface area contributed by atoms with E-state index in [0.717, 1.165) is 38.8 Å². The van der Waals surface area contributed by atoms with Gasteiger partial charge in [0, 0.05) is 43.7 Å².